The molecule has 0 rings (SSSR count). The lowest BCUT2D eigenvalue weighted by atomic mass is 10.0. The van der Waals surface area contributed by atoms with Crippen molar-refractivity contribution in [2.75, 3.05) is 47.5 Å². The van der Waals surface area contributed by atoms with Gasteiger partial charge in [0.2, 0.25) is 0 Å². The lowest BCUT2D eigenvalue weighted by Crippen LogP contribution is -2.44. The number of hydrogen-bond acceptors (Lipinski definition) is 8. The second kappa shape index (κ2) is 82.2. The van der Waals surface area contributed by atoms with E-state index in [-0.39, 0.29) is 32.2 Å². The van der Waals surface area contributed by atoms with Gasteiger partial charge in [-0.25, -0.2) is 0 Å². The van der Waals surface area contributed by atoms with Gasteiger partial charge in [0.1, 0.15) is 13.2 Å². The third-order valence-electron chi connectivity index (χ3n) is 20.6. The molecule has 0 heterocycles. The van der Waals surface area contributed by atoms with Gasteiger partial charge in [-0.2, -0.15) is 0 Å². The number of esters is 2. The maximum atomic E-state index is 13.0. The Balaban J connectivity index is 3.89. The molecule has 0 spiro atoms. The highest BCUT2D eigenvalue weighted by atomic mass is 16.7. The monoisotopic (exact) mass is 1410 g/mol. The van der Waals surface area contributed by atoms with E-state index in [9.17, 15) is 19.5 Å². The van der Waals surface area contributed by atoms with Crippen molar-refractivity contribution in [1.82, 2.24) is 0 Å². The van der Waals surface area contributed by atoms with Gasteiger partial charge in [0.15, 0.2) is 12.4 Å². The fourth-order valence-corrected chi connectivity index (χ4v) is 13.8. The normalized spacial score (nSPS) is 12.7. The summed E-state index contributed by atoms with van der Waals surface area (Å²) in [6.45, 7) is 4.83. The molecule has 0 aromatic rings. The van der Waals surface area contributed by atoms with Gasteiger partial charge in [0.05, 0.1) is 40.3 Å². The van der Waals surface area contributed by atoms with Crippen molar-refractivity contribution in [2.24, 2.45) is 0 Å². The number of rotatable bonds is 85. The number of carbonyl (C=O) groups is 3. The molecule has 0 aliphatic heterocycles. The number of aliphatic carboxylic acids is 1. The predicted molar refractivity (Wildman–Crippen MR) is 431 cm³/mol. The van der Waals surface area contributed by atoms with Crippen molar-refractivity contribution in [2.45, 2.75) is 482 Å². The molecule has 0 aromatic carbocycles. The molecule has 9 heteroatoms. The molecule has 0 aliphatic rings. The minimum atomic E-state index is -1.62. The summed E-state index contributed by atoms with van der Waals surface area (Å²) >= 11 is 0. The minimum Gasteiger partial charge on any atom is -0.545 e. The van der Waals surface area contributed by atoms with E-state index in [1.807, 2.05) is 21.1 Å². The molecule has 2 atom stereocenters. The molecule has 0 N–H and O–H groups in total. The zero-order valence-corrected chi connectivity index (χ0v) is 67.9. The average molecular weight is 1410 g/mol. The molecule has 0 radical (unpaired) electrons. The van der Waals surface area contributed by atoms with Crippen LogP contribution in [0.4, 0.5) is 0 Å². The number of carboxylic acid groups (broad SMARTS) is 1. The van der Waals surface area contributed by atoms with Gasteiger partial charge in [-0.1, -0.05) is 442 Å². The number of likely N-dealkylation sites (N-methyl/N-ethyl adjacent to an activating group) is 1. The van der Waals surface area contributed by atoms with Crippen LogP contribution in [-0.4, -0.2) is 82.3 Å². The summed E-state index contributed by atoms with van der Waals surface area (Å²) < 4.78 is 22.9. The first-order valence-corrected chi connectivity index (χ1v) is 44.6. The predicted octanol–water partition coefficient (Wildman–Crippen LogP) is 27.7. The van der Waals surface area contributed by atoms with E-state index >= 15 is 0 Å². The van der Waals surface area contributed by atoms with E-state index in [1.54, 1.807) is 0 Å². The Hall–Kier alpha value is -2.49. The van der Waals surface area contributed by atoms with E-state index in [2.05, 4.69) is 50.3 Å². The highest BCUT2D eigenvalue weighted by Gasteiger charge is 2.22. The maximum absolute atomic E-state index is 13.0. The lowest BCUT2D eigenvalue weighted by Gasteiger charge is -2.26. The van der Waals surface area contributed by atoms with Crippen LogP contribution in [0.15, 0.2) is 36.5 Å². The topological polar surface area (TPSA) is 111 Å². The molecule has 0 amide bonds. The van der Waals surface area contributed by atoms with Gasteiger partial charge in [0.25, 0.3) is 0 Å². The van der Waals surface area contributed by atoms with Crippen LogP contribution in [0, 0.1) is 0 Å². The Morgan fingerprint density at radius 3 is 0.800 bits per heavy atom. The Morgan fingerprint density at radius 1 is 0.300 bits per heavy atom. The fraction of sp³-hybridized carbons (Fsp3) is 0.901. The smallest absolute Gasteiger partial charge is 0.306 e. The summed E-state index contributed by atoms with van der Waals surface area (Å²) in [4.78, 5) is 37.7. The first kappa shape index (κ1) is 97.5. The number of carboxylic acids is 1. The SMILES string of the molecule is CCCCCCC/C=C\C/C=C\C/C=C\CCCCCCCCCCCCCCCCCCCCCCCCCCCCC(=O)OC(COC(=O)CCCCCCCCCCCCCCCCCCCCCCCCCCCCCCCCCCCC)COC(OCC[N+](C)(C)C)C(=O)[O-]. The molecule has 9 nitrogen and oxygen atoms in total. The largest absolute Gasteiger partial charge is 0.545 e. The molecule has 0 fully saturated rings. The number of unbranched alkanes of at least 4 members (excludes halogenated alkanes) is 64. The quantitative estimate of drug-likeness (QED) is 0.0195. The van der Waals surface area contributed by atoms with Crippen molar-refractivity contribution in [3.63, 3.8) is 0 Å². The van der Waals surface area contributed by atoms with Crippen LogP contribution in [0.5, 0.6) is 0 Å². The number of ether oxygens (including phenoxy) is 4. The first-order chi connectivity index (χ1) is 49.1. The minimum absolute atomic E-state index is 0.152. The highest BCUT2D eigenvalue weighted by Crippen LogP contribution is 2.21. The van der Waals surface area contributed by atoms with Crippen LogP contribution in [0.3, 0.4) is 0 Å². The van der Waals surface area contributed by atoms with Gasteiger partial charge >= 0.3 is 11.9 Å². The van der Waals surface area contributed by atoms with Gasteiger partial charge < -0.3 is 33.3 Å². The number of carbonyl (C=O) groups excluding carboxylic acids is 3. The lowest BCUT2D eigenvalue weighted by molar-refractivity contribution is -0.870. The standard InChI is InChI=1S/C91H173NO8/c1-6-8-10-12-14-16-18-20-22-24-26-28-30-32-34-36-38-40-42-43-44-45-46-47-48-50-52-54-56-58-60-62-64-66-68-70-72-74-76-78-80-82-89(94)100-87(86-99-91(90(95)96)97-84-83-92(3,4)5)85-98-88(93)81-79-77-75-73-71-69-67-65-63-61-59-57-55-53-51-49-41-39-37-35-33-31-29-27-25-23-21-19-17-15-13-11-9-7-2/h18,20,24,26,30,32,87,91H,6-17,19,21-23,25,27-29,31,33-86H2,1-5H3/b20-18-,26-24-,32-30-. The van der Waals surface area contributed by atoms with Crippen LogP contribution >= 0.6 is 0 Å². The Bertz CT molecular complexity index is 1740. The van der Waals surface area contributed by atoms with Crippen LogP contribution in [0.25, 0.3) is 0 Å². The molecule has 0 aliphatic carbocycles. The van der Waals surface area contributed by atoms with Crippen LogP contribution in [-0.2, 0) is 33.3 Å². The number of allylic oxidation sites excluding steroid dienone is 6. The Kier molecular flexibility index (Phi) is 80.1. The third kappa shape index (κ3) is 82.8. The van der Waals surface area contributed by atoms with Crippen molar-refractivity contribution >= 4 is 17.9 Å². The zero-order chi connectivity index (χ0) is 72.5. The molecule has 2 unspecified atom stereocenters. The summed E-state index contributed by atoms with van der Waals surface area (Å²) in [7, 11) is 5.96. The maximum Gasteiger partial charge on any atom is 0.306 e. The van der Waals surface area contributed by atoms with Crippen molar-refractivity contribution in [3.8, 4) is 0 Å². The van der Waals surface area contributed by atoms with Gasteiger partial charge in [0, 0.05) is 12.8 Å². The molecule has 100 heavy (non-hydrogen) atoms. The number of quaternary nitrogens is 1. The van der Waals surface area contributed by atoms with E-state index in [1.165, 1.54) is 392 Å². The summed E-state index contributed by atoms with van der Waals surface area (Å²) in [5, 5.41) is 11.9. The van der Waals surface area contributed by atoms with Crippen molar-refractivity contribution < 1.29 is 42.9 Å². The van der Waals surface area contributed by atoms with Gasteiger partial charge in [-0.3, -0.25) is 9.59 Å². The van der Waals surface area contributed by atoms with E-state index in [4.69, 9.17) is 18.9 Å². The Labute approximate surface area is 623 Å². The summed E-state index contributed by atoms with van der Waals surface area (Å²) in [6, 6.07) is 0. The second-order valence-corrected chi connectivity index (χ2v) is 31.9. The molecule has 0 aromatic heterocycles. The Morgan fingerprint density at radius 2 is 0.540 bits per heavy atom. The third-order valence-corrected chi connectivity index (χ3v) is 20.6. The molecule has 0 bridgehead atoms. The fourth-order valence-electron chi connectivity index (χ4n) is 13.8. The molecule has 0 saturated heterocycles. The molecule has 590 valence electrons. The number of nitrogens with zero attached hydrogens (tertiary/aromatic N) is 1. The average Bonchev–Trinajstić information content (AvgIpc) is 1.08. The van der Waals surface area contributed by atoms with Crippen LogP contribution < -0.4 is 5.11 Å². The van der Waals surface area contributed by atoms with Crippen molar-refractivity contribution in [3.05, 3.63) is 36.5 Å². The summed E-state index contributed by atoms with van der Waals surface area (Å²) in [6.07, 6.45) is 105. The number of hydrogen-bond donors (Lipinski definition) is 0. The van der Waals surface area contributed by atoms with E-state index in [0.29, 0.717) is 17.4 Å². The zero-order valence-electron chi connectivity index (χ0n) is 67.9. The summed E-state index contributed by atoms with van der Waals surface area (Å²) in [5.41, 5.74) is 0. The highest BCUT2D eigenvalue weighted by molar-refractivity contribution is 5.70. The molecular formula is C91H173NO8. The van der Waals surface area contributed by atoms with E-state index < -0.39 is 24.3 Å². The van der Waals surface area contributed by atoms with Gasteiger partial charge in [-0.15, -0.1) is 0 Å². The van der Waals surface area contributed by atoms with Crippen LogP contribution in [0.1, 0.15) is 470 Å². The van der Waals surface area contributed by atoms with Crippen molar-refractivity contribution in [1.29, 1.82) is 0 Å². The van der Waals surface area contributed by atoms with Crippen LogP contribution in [0.2, 0.25) is 0 Å². The second-order valence-electron chi connectivity index (χ2n) is 31.9. The first-order valence-electron chi connectivity index (χ1n) is 44.6. The van der Waals surface area contributed by atoms with E-state index in [0.717, 1.165) is 51.4 Å². The summed E-state index contributed by atoms with van der Waals surface area (Å²) in [5.74, 6) is -2.24. The molecular weight excluding hydrogens is 1230 g/mol. The molecule has 0 saturated carbocycles. The van der Waals surface area contributed by atoms with Gasteiger partial charge in [-0.05, 0) is 51.4 Å².